The van der Waals surface area contributed by atoms with Crippen molar-refractivity contribution in [1.82, 2.24) is 4.98 Å². The fourth-order valence-electron chi connectivity index (χ4n) is 1.91. The maximum Gasteiger partial charge on any atom is 0.152 e. The molecule has 0 aromatic carbocycles. The van der Waals surface area contributed by atoms with Crippen molar-refractivity contribution in [2.45, 2.75) is 6.42 Å². The molecule has 0 bridgehead atoms. The summed E-state index contributed by atoms with van der Waals surface area (Å²) in [6.07, 6.45) is 3.79. The monoisotopic (exact) mass is 251 g/mol. The lowest BCUT2D eigenvalue weighted by Gasteiger charge is -2.22. The molecule has 17 heavy (non-hydrogen) atoms. The second kappa shape index (κ2) is 4.72. The summed E-state index contributed by atoms with van der Waals surface area (Å²) in [5.41, 5.74) is 1.27. The van der Waals surface area contributed by atoms with E-state index in [1.54, 1.807) is 18.5 Å². The van der Waals surface area contributed by atoms with Crippen molar-refractivity contribution in [3.05, 3.63) is 24.0 Å². The van der Waals surface area contributed by atoms with E-state index in [2.05, 4.69) is 11.1 Å². The fraction of sp³-hybridized carbons (Fsp3) is 0.455. The smallest absolute Gasteiger partial charge is 0.152 e. The van der Waals surface area contributed by atoms with Crippen molar-refractivity contribution >= 4 is 15.5 Å². The van der Waals surface area contributed by atoms with Gasteiger partial charge < -0.3 is 4.90 Å². The molecule has 2 rings (SSSR count). The Balaban J connectivity index is 2.26. The minimum atomic E-state index is -2.92. The molecule has 1 aliphatic rings. The number of nitrogens with zero attached hydrogens (tertiary/aromatic N) is 3. The molecule has 1 fully saturated rings. The molecule has 5 nitrogen and oxygen atoms in total. The van der Waals surface area contributed by atoms with E-state index < -0.39 is 9.84 Å². The highest BCUT2D eigenvalue weighted by molar-refractivity contribution is 7.91. The molecular weight excluding hydrogens is 238 g/mol. The molecule has 1 aromatic rings. The third-order valence-corrected chi connectivity index (χ3v) is 4.53. The van der Waals surface area contributed by atoms with Crippen LogP contribution in [0.2, 0.25) is 0 Å². The number of hydrogen-bond donors (Lipinski definition) is 0. The van der Waals surface area contributed by atoms with Gasteiger partial charge in [-0.2, -0.15) is 5.26 Å². The van der Waals surface area contributed by atoms with Gasteiger partial charge in [0.25, 0.3) is 0 Å². The molecule has 0 atom stereocenters. The first kappa shape index (κ1) is 11.9. The molecule has 0 unspecified atom stereocenters. The van der Waals surface area contributed by atoms with Gasteiger partial charge in [0.1, 0.15) is 6.07 Å². The highest BCUT2D eigenvalue weighted by Gasteiger charge is 2.20. The van der Waals surface area contributed by atoms with Crippen molar-refractivity contribution in [2.24, 2.45) is 0 Å². The van der Waals surface area contributed by atoms with E-state index in [1.165, 1.54) is 0 Å². The van der Waals surface area contributed by atoms with Crippen molar-refractivity contribution in [3.8, 4) is 6.07 Å². The number of pyridine rings is 1. The van der Waals surface area contributed by atoms with Gasteiger partial charge in [-0.3, -0.25) is 4.98 Å². The standard InChI is InChI=1S/C11H13N3O2S/c12-8-10-2-3-13-9-11(10)14-4-1-6-17(15,16)7-5-14/h2-3,9H,1,4-7H2. The Morgan fingerprint density at radius 1 is 1.35 bits per heavy atom. The van der Waals surface area contributed by atoms with Crippen LogP contribution in [-0.4, -0.2) is 38.0 Å². The van der Waals surface area contributed by atoms with Crippen molar-refractivity contribution in [3.63, 3.8) is 0 Å². The first-order valence-corrected chi connectivity index (χ1v) is 7.24. The zero-order valence-corrected chi connectivity index (χ0v) is 10.2. The minimum absolute atomic E-state index is 0.146. The molecule has 0 amide bonds. The predicted molar refractivity (Wildman–Crippen MR) is 64.4 cm³/mol. The Hall–Kier alpha value is -1.61. The summed E-state index contributed by atoms with van der Waals surface area (Å²) < 4.78 is 23.0. The first-order chi connectivity index (χ1) is 8.12. The maximum atomic E-state index is 11.5. The number of anilines is 1. The summed E-state index contributed by atoms with van der Waals surface area (Å²) in [4.78, 5) is 5.92. The van der Waals surface area contributed by atoms with E-state index in [0.717, 1.165) is 5.69 Å². The topological polar surface area (TPSA) is 74.1 Å². The molecule has 1 saturated heterocycles. The van der Waals surface area contributed by atoms with Crippen LogP contribution in [0.3, 0.4) is 0 Å². The lowest BCUT2D eigenvalue weighted by atomic mass is 10.2. The summed E-state index contributed by atoms with van der Waals surface area (Å²) >= 11 is 0. The molecular formula is C11H13N3O2S. The summed E-state index contributed by atoms with van der Waals surface area (Å²) in [7, 11) is -2.92. The molecule has 0 radical (unpaired) electrons. The summed E-state index contributed by atoms with van der Waals surface area (Å²) in [5.74, 6) is 0.373. The van der Waals surface area contributed by atoms with Gasteiger partial charge >= 0.3 is 0 Å². The van der Waals surface area contributed by atoms with Gasteiger partial charge in [-0.15, -0.1) is 0 Å². The quantitative estimate of drug-likeness (QED) is 0.730. The fourth-order valence-corrected chi connectivity index (χ4v) is 3.18. The van der Waals surface area contributed by atoms with E-state index in [-0.39, 0.29) is 11.5 Å². The van der Waals surface area contributed by atoms with Crippen LogP contribution in [0, 0.1) is 11.3 Å². The van der Waals surface area contributed by atoms with Crippen LogP contribution in [0.5, 0.6) is 0 Å². The third kappa shape index (κ3) is 2.74. The second-order valence-electron chi connectivity index (χ2n) is 4.00. The van der Waals surface area contributed by atoms with Crippen molar-refractivity contribution < 1.29 is 8.42 Å². The maximum absolute atomic E-state index is 11.5. The minimum Gasteiger partial charge on any atom is -0.368 e. The number of nitriles is 1. The van der Waals surface area contributed by atoms with Gasteiger partial charge in [0, 0.05) is 19.3 Å². The molecule has 0 N–H and O–H groups in total. The second-order valence-corrected chi connectivity index (χ2v) is 6.30. The van der Waals surface area contributed by atoms with Crippen LogP contribution in [0.4, 0.5) is 5.69 Å². The molecule has 90 valence electrons. The van der Waals surface area contributed by atoms with E-state index in [4.69, 9.17) is 5.26 Å². The molecule has 0 spiro atoms. The van der Waals surface area contributed by atoms with Gasteiger partial charge in [-0.05, 0) is 12.5 Å². The predicted octanol–water partition coefficient (Wildman–Crippen LogP) is 0.578. The average Bonchev–Trinajstić information content (AvgIpc) is 2.50. The lowest BCUT2D eigenvalue weighted by Crippen LogP contribution is -2.27. The normalized spacial score (nSPS) is 19.4. The van der Waals surface area contributed by atoms with Crippen molar-refractivity contribution in [1.29, 1.82) is 5.26 Å². The molecule has 1 aliphatic heterocycles. The number of hydrogen-bond acceptors (Lipinski definition) is 5. The van der Waals surface area contributed by atoms with Crippen LogP contribution >= 0.6 is 0 Å². The molecule has 0 saturated carbocycles. The summed E-state index contributed by atoms with van der Waals surface area (Å²) in [6, 6.07) is 3.75. The largest absolute Gasteiger partial charge is 0.368 e. The Labute approximate surface area is 101 Å². The first-order valence-electron chi connectivity index (χ1n) is 5.42. The number of sulfone groups is 1. The van der Waals surface area contributed by atoms with Crippen LogP contribution < -0.4 is 4.90 Å². The molecule has 0 aliphatic carbocycles. The van der Waals surface area contributed by atoms with Crippen LogP contribution in [0.15, 0.2) is 18.5 Å². The zero-order valence-electron chi connectivity index (χ0n) is 9.33. The lowest BCUT2D eigenvalue weighted by molar-refractivity contribution is 0.597. The Morgan fingerprint density at radius 2 is 2.18 bits per heavy atom. The Kier molecular flexibility index (Phi) is 3.29. The van der Waals surface area contributed by atoms with E-state index >= 15 is 0 Å². The van der Waals surface area contributed by atoms with Crippen LogP contribution in [0.25, 0.3) is 0 Å². The van der Waals surface area contributed by atoms with Crippen LogP contribution in [0.1, 0.15) is 12.0 Å². The SMILES string of the molecule is N#Cc1ccncc1N1CCCS(=O)(=O)CC1. The molecule has 2 heterocycles. The zero-order chi connectivity index (χ0) is 12.3. The molecule has 6 heteroatoms. The number of rotatable bonds is 1. The van der Waals surface area contributed by atoms with Gasteiger partial charge in [0.2, 0.25) is 0 Å². The summed E-state index contributed by atoms with van der Waals surface area (Å²) in [5, 5.41) is 9.00. The van der Waals surface area contributed by atoms with Gasteiger partial charge in [0.05, 0.1) is 29.0 Å². The highest BCUT2D eigenvalue weighted by Crippen LogP contribution is 2.20. The Bertz CT molecular complexity index is 548. The summed E-state index contributed by atoms with van der Waals surface area (Å²) in [6.45, 7) is 1.09. The van der Waals surface area contributed by atoms with E-state index in [9.17, 15) is 8.42 Å². The highest BCUT2D eigenvalue weighted by atomic mass is 32.2. The Morgan fingerprint density at radius 3 is 2.94 bits per heavy atom. The van der Waals surface area contributed by atoms with Crippen LogP contribution in [-0.2, 0) is 9.84 Å². The average molecular weight is 251 g/mol. The third-order valence-electron chi connectivity index (χ3n) is 2.82. The van der Waals surface area contributed by atoms with E-state index in [0.29, 0.717) is 25.1 Å². The number of aromatic nitrogens is 1. The van der Waals surface area contributed by atoms with Gasteiger partial charge in [-0.25, -0.2) is 8.42 Å². The molecule has 1 aromatic heterocycles. The van der Waals surface area contributed by atoms with Crippen molar-refractivity contribution in [2.75, 3.05) is 29.5 Å². The van der Waals surface area contributed by atoms with Gasteiger partial charge in [0.15, 0.2) is 9.84 Å². The van der Waals surface area contributed by atoms with E-state index in [1.807, 2.05) is 4.90 Å². The van der Waals surface area contributed by atoms with Gasteiger partial charge in [-0.1, -0.05) is 0 Å².